The van der Waals surface area contributed by atoms with Gasteiger partial charge in [0.2, 0.25) is 5.91 Å². The number of amides is 1. The smallest absolute Gasteiger partial charge is 0.227 e. The number of likely N-dealkylation sites (tertiary alicyclic amines) is 1. The van der Waals surface area contributed by atoms with E-state index in [-0.39, 0.29) is 11.8 Å². The molecule has 0 spiro atoms. The van der Waals surface area contributed by atoms with Crippen molar-refractivity contribution in [2.45, 2.75) is 19.8 Å². The minimum absolute atomic E-state index is 0.0214. The highest BCUT2D eigenvalue weighted by Crippen LogP contribution is 2.11. The van der Waals surface area contributed by atoms with Crippen LogP contribution in [0.15, 0.2) is 0 Å². The molecule has 0 aliphatic carbocycles. The minimum atomic E-state index is 0.0214. The van der Waals surface area contributed by atoms with Gasteiger partial charge in [0.05, 0.1) is 12.5 Å². The van der Waals surface area contributed by atoms with Crippen molar-refractivity contribution in [2.24, 2.45) is 5.92 Å². The first-order chi connectivity index (χ1) is 5.75. The SMILES string of the molecule is COCC(C)C(=O)N1CCCC1. The van der Waals surface area contributed by atoms with E-state index in [0.29, 0.717) is 6.61 Å². The zero-order chi connectivity index (χ0) is 8.97. The summed E-state index contributed by atoms with van der Waals surface area (Å²) in [7, 11) is 1.63. The van der Waals surface area contributed by atoms with Crippen LogP contribution in [0.4, 0.5) is 0 Å². The normalized spacial score (nSPS) is 19.7. The summed E-state index contributed by atoms with van der Waals surface area (Å²) in [5.74, 6) is 0.266. The summed E-state index contributed by atoms with van der Waals surface area (Å²) in [6, 6.07) is 0. The standard InChI is InChI=1S/C9H17NO2/c1-8(7-12-2)9(11)10-5-3-4-6-10/h8H,3-7H2,1-2H3. The lowest BCUT2D eigenvalue weighted by Gasteiger charge is -2.19. The van der Waals surface area contributed by atoms with Crippen molar-refractivity contribution < 1.29 is 9.53 Å². The van der Waals surface area contributed by atoms with Gasteiger partial charge >= 0.3 is 0 Å². The zero-order valence-corrected chi connectivity index (χ0v) is 7.88. The molecule has 12 heavy (non-hydrogen) atoms. The molecule has 1 rings (SSSR count). The highest BCUT2D eigenvalue weighted by atomic mass is 16.5. The third-order valence-electron chi connectivity index (χ3n) is 2.26. The maximum Gasteiger partial charge on any atom is 0.227 e. The van der Waals surface area contributed by atoms with Crippen molar-refractivity contribution in [3.8, 4) is 0 Å². The van der Waals surface area contributed by atoms with Crippen LogP contribution in [0.25, 0.3) is 0 Å². The first kappa shape index (κ1) is 9.52. The van der Waals surface area contributed by atoms with Crippen molar-refractivity contribution in [3.05, 3.63) is 0 Å². The topological polar surface area (TPSA) is 29.5 Å². The first-order valence-electron chi connectivity index (χ1n) is 4.53. The van der Waals surface area contributed by atoms with Crippen LogP contribution >= 0.6 is 0 Å². The van der Waals surface area contributed by atoms with Crippen molar-refractivity contribution in [2.75, 3.05) is 26.8 Å². The van der Waals surface area contributed by atoms with E-state index in [2.05, 4.69) is 0 Å². The van der Waals surface area contributed by atoms with Crippen LogP contribution in [-0.2, 0) is 9.53 Å². The summed E-state index contributed by atoms with van der Waals surface area (Å²) in [5.41, 5.74) is 0. The van der Waals surface area contributed by atoms with E-state index in [1.807, 2.05) is 11.8 Å². The number of methoxy groups -OCH3 is 1. The molecule has 0 saturated carbocycles. The summed E-state index contributed by atoms with van der Waals surface area (Å²) in [4.78, 5) is 13.5. The van der Waals surface area contributed by atoms with Gasteiger partial charge in [-0.2, -0.15) is 0 Å². The third kappa shape index (κ3) is 2.21. The maximum absolute atomic E-state index is 11.6. The van der Waals surface area contributed by atoms with Gasteiger partial charge in [-0.25, -0.2) is 0 Å². The molecule has 0 radical (unpaired) electrons. The lowest BCUT2D eigenvalue weighted by molar-refractivity contribution is -0.135. The Morgan fingerprint density at radius 2 is 2.08 bits per heavy atom. The molecule has 1 aliphatic heterocycles. The monoisotopic (exact) mass is 171 g/mol. The van der Waals surface area contributed by atoms with Crippen molar-refractivity contribution >= 4 is 5.91 Å². The summed E-state index contributed by atoms with van der Waals surface area (Å²) >= 11 is 0. The van der Waals surface area contributed by atoms with E-state index >= 15 is 0 Å². The molecule has 3 heteroatoms. The quantitative estimate of drug-likeness (QED) is 0.631. The summed E-state index contributed by atoms with van der Waals surface area (Å²) in [6.45, 7) is 4.33. The second-order valence-electron chi connectivity index (χ2n) is 3.39. The Kier molecular flexibility index (Phi) is 3.53. The van der Waals surface area contributed by atoms with Gasteiger partial charge in [0.15, 0.2) is 0 Å². The van der Waals surface area contributed by atoms with Crippen LogP contribution in [0, 0.1) is 5.92 Å². The Balaban J connectivity index is 2.34. The Labute approximate surface area is 73.7 Å². The van der Waals surface area contributed by atoms with E-state index in [4.69, 9.17) is 4.74 Å². The second-order valence-corrected chi connectivity index (χ2v) is 3.39. The molecule has 0 aromatic carbocycles. The molecule has 0 aromatic heterocycles. The molecule has 1 atom stereocenters. The van der Waals surface area contributed by atoms with Crippen molar-refractivity contribution in [1.82, 2.24) is 4.90 Å². The number of hydrogen-bond acceptors (Lipinski definition) is 2. The van der Waals surface area contributed by atoms with Gasteiger partial charge in [0.25, 0.3) is 0 Å². The van der Waals surface area contributed by atoms with Crippen LogP contribution < -0.4 is 0 Å². The molecule has 0 bridgehead atoms. The fourth-order valence-electron chi connectivity index (χ4n) is 1.57. The Morgan fingerprint density at radius 3 is 2.58 bits per heavy atom. The number of rotatable bonds is 3. The minimum Gasteiger partial charge on any atom is -0.384 e. The molecule has 0 N–H and O–H groups in total. The van der Waals surface area contributed by atoms with Crippen LogP contribution in [0.5, 0.6) is 0 Å². The van der Waals surface area contributed by atoms with Gasteiger partial charge in [0.1, 0.15) is 0 Å². The van der Waals surface area contributed by atoms with Gasteiger partial charge in [-0.05, 0) is 12.8 Å². The van der Waals surface area contributed by atoms with E-state index in [9.17, 15) is 4.79 Å². The fraction of sp³-hybridized carbons (Fsp3) is 0.889. The van der Waals surface area contributed by atoms with E-state index < -0.39 is 0 Å². The lowest BCUT2D eigenvalue weighted by Crippen LogP contribution is -2.34. The van der Waals surface area contributed by atoms with Crippen molar-refractivity contribution in [3.63, 3.8) is 0 Å². The number of hydrogen-bond donors (Lipinski definition) is 0. The molecule has 1 saturated heterocycles. The Bertz CT molecular complexity index is 153. The van der Waals surface area contributed by atoms with Crippen LogP contribution in [0.3, 0.4) is 0 Å². The predicted molar refractivity (Wildman–Crippen MR) is 46.9 cm³/mol. The summed E-state index contributed by atoms with van der Waals surface area (Å²) < 4.78 is 4.94. The summed E-state index contributed by atoms with van der Waals surface area (Å²) in [6.07, 6.45) is 2.32. The fourth-order valence-corrected chi connectivity index (χ4v) is 1.57. The van der Waals surface area contributed by atoms with Crippen LogP contribution in [0.2, 0.25) is 0 Å². The van der Waals surface area contributed by atoms with Gasteiger partial charge in [0, 0.05) is 20.2 Å². The molecule has 0 aromatic rings. The van der Waals surface area contributed by atoms with Gasteiger partial charge in [-0.1, -0.05) is 6.92 Å². The molecule has 1 amide bonds. The second kappa shape index (κ2) is 4.45. The van der Waals surface area contributed by atoms with Gasteiger partial charge < -0.3 is 9.64 Å². The molecular formula is C9H17NO2. The molecular weight excluding hydrogens is 154 g/mol. The highest BCUT2D eigenvalue weighted by Gasteiger charge is 2.22. The number of nitrogens with zero attached hydrogens (tertiary/aromatic N) is 1. The molecule has 1 aliphatic rings. The number of ether oxygens (including phenoxy) is 1. The number of carbonyl (C=O) groups is 1. The lowest BCUT2D eigenvalue weighted by atomic mass is 10.2. The molecule has 70 valence electrons. The first-order valence-corrected chi connectivity index (χ1v) is 4.53. The van der Waals surface area contributed by atoms with E-state index in [1.54, 1.807) is 7.11 Å². The number of carbonyl (C=O) groups excluding carboxylic acids is 1. The molecule has 1 fully saturated rings. The zero-order valence-electron chi connectivity index (χ0n) is 7.88. The maximum atomic E-state index is 11.6. The van der Waals surface area contributed by atoms with Gasteiger partial charge in [-0.15, -0.1) is 0 Å². The van der Waals surface area contributed by atoms with Gasteiger partial charge in [-0.3, -0.25) is 4.79 Å². The van der Waals surface area contributed by atoms with Crippen LogP contribution in [0.1, 0.15) is 19.8 Å². The molecule has 1 unspecified atom stereocenters. The van der Waals surface area contributed by atoms with E-state index in [1.165, 1.54) is 0 Å². The molecule has 1 heterocycles. The highest BCUT2D eigenvalue weighted by molar-refractivity contribution is 5.78. The van der Waals surface area contributed by atoms with Crippen molar-refractivity contribution in [1.29, 1.82) is 0 Å². The summed E-state index contributed by atoms with van der Waals surface area (Å²) in [5, 5.41) is 0. The van der Waals surface area contributed by atoms with Crippen LogP contribution in [-0.4, -0.2) is 37.6 Å². The Hall–Kier alpha value is -0.570. The molecule has 3 nitrogen and oxygen atoms in total. The predicted octanol–water partition coefficient (Wildman–Crippen LogP) is 0.891. The Morgan fingerprint density at radius 1 is 1.50 bits per heavy atom. The average molecular weight is 171 g/mol. The average Bonchev–Trinajstić information content (AvgIpc) is 2.55. The third-order valence-corrected chi connectivity index (χ3v) is 2.26. The van der Waals surface area contributed by atoms with E-state index in [0.717, 1.165) is 25.9 Å². The largest absolute Gasteiger partial charge is 0.384 e.